The minimum Gasteiger partial charge on any atom is -0.508 e. The molecule has 6 nitrogen and oxygen atoms in total. The molecule has 31 heavy (non-hydrogen) atoms. The first-order valence-electron chi connectivity index (χ1n) is 9.44. The van der Waals surface area contributed by atoms with E-state index < -0.39 is 18.0 Å². The summed E-state index contributed by atoms with van der Waals surface area (Å²) in [6.07, 6.45) is 4.86. The minimum absolute atomic E-state index is 0.0564. The van der Waals surface area contributed by atoms with Crippen molar-refractivity contribution in [1.82, 2.24) is 4.90 Å². The monoisotopic (exact) mass is 483 g/mol. The van der Waals surface area contributed by atoms with Gasteiger partial charge in [0.2, 0.25) is 0 Å². The molecule has 0 saturated heterocycles. The highest BCUT2D eigenvalue weighted by Crippen LogP contribution is 2.36. The van der Waals surface area contributed by atoms with Crippen LogP contribution in [0.1, 0.15) is 22.7 Å². The third-order valence-corrected chi connectivity index (χ3v) is 5.75. The van der Waals surface area contributed by atoms with Crippen molar-refractivity contribution in [3.05, 3.63) is 93.6 Å². The number of ether oxygens (including phenoxy) is 2. The van der Waals surface area contributed by atoms with Crippen LogP contribution in [-0.2, 0) is 25.6 Å². The zero-order chi connectivity index (χ0) is 22.5. The van der Waals surface area contributed by atoms with Gasteiger partial charge in [-0.3, -0.25) is 0 Å². The molecule has 0 spiro atoms. The van der Waals surface area contributed by atoms with Crippen LogP contribution in [-0.4, -0.2) is 36.2 Å². The van der Waals surface area contributed by atoms with E-state index in [1.165, 1.54) is 20.3 Å². The maximum Gasteiger partial charge on any atom is 0.340 e. The van der Waals surface area contributed by atoms with Crippen LogP contribution in [0.3, 0.4) is 0 Å². The van der Waals surface area contributed by atoms with Crippen molar-refractivity contribution >= 4 is 33.9 Å². The van der Waals surface area contributed by atoms with E-state index in [1.54, 1.807) is 30.5 Å². The summed E-state index contributed by atoms with van der Waals surface area (Å²) in [4.78, 5) is 27.1. The number of aromatic hydroxyl groups is 1. The first-order chi connectivity index (χ1) is 14.9. The smallest absolute Gasteiger partial charge is 0.340 e. The van der Waals surface area contributed by atoms with Gasteiger partial charge in [-0.1, -0.05) is 46.3 Å². The first kappa shape index (κ1) is 22.4. The lowest BCUT2D eigenvalue weighted by molar-refractivity contribution is -0.139. The van der Waals surface area contributed by atoms with E-state index in [-0.39, 0.29) is 16.9 Å². The Balaban J connectivity index is 2.29. The second-order valence-corrected chi connectivity index (χ2v) is 7.70. The Labute approximate surface area is 189 Å². The molecule has 1 N–H and O–H groups in total. The van der Waals surface area contributed by atoms with E-state index in [9.17, 15) is 14.7 Å². The molecule has 0 fully saturated rings. The predicted octanol–water partition coefficient (Wildman–Crippen LogP) is 4.51. The van der Waals surface area contributed by atoms with Crippen LogP contribution in [0.5, 0.6) is 5.75 Å². The summed E-state index contributed by atoms with van der Waals surface area (Å²) < 4.78 is 10.8. The maximum atomic E-state index is 12.6. The lowest BCUT2D eigenvalue weighted by Gasteiger charge is -2.32. The minimum atomic E-state index is -0.673. The van der Waals surface area contributed by atoms with Crippen LogP contribution in [0.25, 0.3) is 6.08 Å². The number of nitrogens with zero attached hydrogens (tertiary/aromatic N) is 1. The van der Waals surface area contributed by atoms with E-state index in [0.29, 0.717) is 12.1 Å². The standard InChI is InChI=1S/C24H22BrNO5/c1-4-22-18-12-17(27)10-9-15(18)11-19(23(28)30-2)20(24(29)31-3)14-26(22)13-16-7-5-6-8-21(16)25/h4-12,14,22,27H,1,13H2,2-3H3/b19-11+,20-14+. The second kappa shape index (κ2) is 9.66. The van der Waals surface area contributed by atoms with E-state index >= 15 is 0 Å². The van der Waals surface area contributed by atoms with Crippen molar-refractivity contribution in [3.63, 3.8) is 0 Å². The number of halogens is 1. The predicted molar refractivity (Wildman–Crippen MR) is 121 cm³/mol. The molecule has 0 amide bonds. The van der Waals surface area contributed by atoms with Gasteiger partial charge in [-0.25, -0.2) is 9.59 Å². The molecule has 3 rings (SSSR count). The molecule has 0 bridgehead atoms. The number of rotatable bonds is 5. The first-order valence-corrected chi connectivity index (χ1v) is 10.2. The molecule has 1 unspecified atom stereocenters. The Kier molecular flexibility index (Phi) is 6.97. The summed E-state index contributed by atoms with van der Waals surface area (Å²) in [6.45, 7) is 4.36. The normalized spacial score (nSPS) is 18.9. The number of phenols is 1. The fraction of sp³-hybridized carbons (Fsp3) is 0.167. The van der Waals surface area contributed by atoms with Crippen molar-refractivity contribution in [2.24, 2.45) is 0 Å². The Morgan fingerprint density at radius 2 is 1.81 bits per heavy atom. The van der Waals surface area contributed by atoms with E-state index in [0.717, 1.165) is 15.6 Å². The lowest BCUT2D eigenvalue weighted by Crippen LogP contribution is -2.27. The molecule has 1 aliphatic heterocycles. The molecule has 7 heteroatoms. The molecule has 0 aromatic heterocycles. The molecule has 1 aliphatic rings. The van der Waals surface area contributed by atoms with Crippen LogP contribution in [0.15, 0.2) is 76.9 Å². The number of carbonyl (C=O) groups is 2. The van der Waals surface area contributed by atoms with Crippen LogP contribution in [0.4, 0.5) is 0 Å². The molecule has 0 radical (unpaired) electrons. The van der Waals surface area contributed by atoms with Crippen LogP contribution >= 0.6 is 15.9 Å². The topological polar surface area (TPSA) is 76.1 Å². The van der Waals surface area contributed by atoms with Gasteiger partial charge in [0, 0.05) is 17.2 Å². The van der Waals surface area contributed by atoms with Crippen molar-refractivity contribution in [2.45, 2.75) is 12.6 Å². The molecule has 0 aliphatic carbocycles. The number of fused-ring (bicyclic) bond motifs is 1. The van der Waals surface area contributed by atoms with Crippen molar-refractivity contribution in [3.8, 4) is 5.75 Å². The largest absolute Gasteiger partial charge is 0.508 e. The number of benzene rings is 2. The summed E-state index contributed by atoms with van der Waals surface area (Å²) in [5.41, 5.74) is 2.45. The summed E-state index contributed by atoms with van der Waals surface area (Å²) in [6, 6.07) is 12.1. The molecule has 2 aromatic carbocycles. The van der Waals surface area contributed by atoms with Gasteiger partial charge < -0.3 is 19.5 Å². The highest BCUT2D eigenvalue weighted by molar-refractivity contribution is 9.10. The highest BCUT2D eigenvalue weighted by Gasteiger charge is 2.29. The number of carbonyl (C=O) groups excluding carboxylic acids is 2. The number of phenolic OH excluding ortho intramolecular Hbond substituents is 1. The van der Waals surface area contributed by atoms with E-state index in [1.807, 2.05) is 29.2 Å². The van der Waals surface area contributed by atoms with Crippen molar-refractivity contribution in [1.29, 1.82) is 0 Å². The van der Waals surface area contributed by atoms with Crippen molar-refractivity contribution in [2.75, 3.05) is 14.2 Å². The average Bonchev–Trinajstić information content (AvgIpc) is 2.76. The third kappa shape index (κ3) is 4.72. The van der Waals surface area contributed by atoms with Crippen LogP contribution in [0, 0.1) is 0 Å². The van der Waals surface area contributed by atoms with E-state index in [2.05, 4.69) is 22.5 Å². The molecule has 1 atom stereocenters. The molecule has 2 aromatic rings. The van der Waals surface area contributed by atoms with Gasteiger partial charge in [0.1, 0.15) is 5.75 Å². The van der Waals surface area contributed by atoms with Gasteiger partial charge in [-0.05, 0) is 41.0 Å². The second-order valence-electron chi connectivity index (χ2n) is 6.84. The molecule has 160 valence electrons. The quantitative estimate of drug-likeness (QED) is 0.497. The molecular weight excluding hydrogens is 462 g/mol. The van der Waals surface area contributed by atoms with Gasteiger partial charge in [0.05, 0.1) is 31.4 Å². The number of methoxy groups -OCH3 is 2. The summed E-state index contributed by atoms with van der Waals surface area (Å²) in [7, 11) is 2.51. The number of hydrogen-bond donors (Lipinski definition) is 1. The zero-order valence-electron chi connectivity index (χ0n) is 17.2. The van der Waals surface area contributed by atoms with Gasteiger partial charge >= 0.3 is 11.9 Å². The van der Waals surface area contributed by atoms with Gasteiger partial charge in [0.15, 0.2) is 0 Å². The Bertz CT molecular complexity index is 1090. The van der Waals surface area contributed by atoms with Gasteiger partial charge in [0.25, 0.3) is 0 Å². The summed E-state index contributed by atoms with van der Waals surface area (Å²) >= 11 is 3.56. The third-order valence-electron chi connectivity index (χ3n) is 4.98. The summed E-state index contributed by atoms with van der Waals surface area (Å²) in [5.74, 6) is -1.26. The average molecular weight is 484 g/mol. The lowest BCUT2D eigenvalue weighted by atomic mass is 9.92. The SMILES string of the molecule is C=CC1c2cc(O)ccc2/C=C(C(=O)OC)\C(C(=O)OC)=C/N1Cc1ccccc1Br. The Morgan fingerprint density at radius 3 is 2.45 bits per heavy atom. The number of hydrogen-bond acceptors (Lipinski definition) is 6. The molecular formula is C24H22BrNO5. The van der Waals surface area contributed by atoms with Crippen LogP contribution in [0.2, 0.25) is 0 Å². The molecule has 0 saturated carbocycles. The summed E-state index contributed by atoms with van der Waals surface area (Å²) in [5, 5.41) is 10.1. The Morgan fingerprint density at radius 1 is 1.13 bits per heavy atom. The maximum absolute atomic E-state index is 12.6. The van der Waals surface area contributed by atoms with Crippen molar-refractivity contribution < 1.29 is 24.2 Å². The van der Waals surface area contributed by atoms with Crippen LogP contribution < -0.4 is 0 Å². The highest BCUT2D eigenvalue weighted by atomic mass is 79.9. The van der Waals surface area contributed by atoms with E-state index in [4.69, 9.17) is 9.47 Å². The van der Waals surface area contributed by atoms with Gasteiger partial charge in [-0.2, -0.15) is 0 Å². The fourth-order valence-corrected chi connectivity index (χ4v) is 3.87. The molecule has 1 heterocycles. The van der Waals surface area contributed by atoms with Gasteiger partial charge in [-0.15, -0.1) is 6.58 Å². The zero-order valence-corrected chi connectivity index (χ0v) is 18.8. The fourth-order valence-electron chi connectivity index (χ4n) is 3.46. The Hall–Kier alpha value is -3.32. The number of esters is 2.